The topological polar surface area (TPSA) is 46.3 Å². The van der Waals surface area contributed by atoms with Crippen LogP contribution in [0.5, 0.6) is 0 Å². The van der Waals surface area contributed by atoms with Gasteiger partial charge in [-0.05, 0) is 43.4 Å². The Balaban J connectivity index is 1.72. The van der Waals surface area contributed by atoms with Crippen LogP contribution in [0.15, 0.2) is 29.0 Å². The zero-order valence-corrected chi connectivity index (χ0v) is 11.5. The number of nitrogens with zero attached hydrogens (tertiary/aromatic N) is 1. The summed E-state index contributed by atoms with van der Waals surface area (Å²) in [6.45, 7) is 0. The molecule has 3 nitrogen and oxygen atoms in total. The second-order valence-electron chi connectivity index (χ2n) is 5.79. The Morgan fingerprint density at radius 2 is 2.05 bits per heavy atom. The van der Waals surface area contributed by atoms with Crippen molar-refractivity contribution in [1.82, 2.24) is 4.98 Å². The van der Waals surface area contributed by atoms with Gasteiger partial charge in [0.1, 0.15) is 5.52 Å². The Morgan fingerprint density at radius 3 is 2.84 bits per heavy atom. The number of fused-ring (bicyclic) bond motifs is 3. The van der Waals surface area contributed by atoms with Crippen molar-refractivity contribution in [2.24, 2.45) is 0 Å². The fourth-order valence-electron chi connectivity index (χ4n) is 3.50. The SMILES string of the molecule is OC1(c2ccc3ocnc3c2)CC2CCCC(C1)S2. The van der Waals surface area contributed by atoms with E-state index in [2.05, 4.69) is 16.7 Å². The van der Waals surface area contributed by atoms with Crippen molar-refractivity contribution < 1.29 is 9.52 Å². The van der Waals surface area contributed by atoms with Crippen LogP contribution in [0.2, 0.25) is 0 Å². The normalized spacial score (nSPS) is 34.6. The van der Waals surface area contributed by atoms with Gasteiger partial charge in [-0.15, -0.1) is 0 Å². The van der Waals surface area contributed by atoms with Crippen LogP contribution < -0.4 is 0 Å². The number of benzene rings is 1. The maximum absolute atomic E-state index is 11.1. The molecule has 1 aromatic heterocycles. The van der Waals surface area contributed by atoms with Gasteiger partial charge < -0.3 is 9.52 Å². The average molecular weight is 275 g/mol. The molecule has 2 fully saturated rings. The van der Waals surface area contributed by atoms with Crippen molar-refractivity contribution in [2.75, 3.05) is 0 Å². The first-order valence-electron chi connectivity index (χ1n) is 6.94. The van der Waals surface area contributed by atoms with Gasteiger partial charge in [-0.1, -0.05) is 12.5 Å². The molecule has 0 aliphatic carbocycles. The fraction of sp³-hybridized carbons (Fsp3) is 0.533. The summed E-state index contributed by atoms with van der Waals surface area (Å²) in [5.74, 6) is 0. The number of aromatic nitrogens is 1. The molecule has 2 atom stereocenters. The Bertz CT molecular complexity index is 597. The largest absolute Gasteiger partial charge is 0.443 e. The molecule has 2 unspecified atom stereocenters. The predicted molar refractivity (Wildman–Crippen MR) is 76.2 cm³/mol. The molecule has 2 aliphatic rings. The first-order chi connectivity index (χ1) is 9.23. The van der Waals surface area contributed by atoms with Crippen LogP contribution in [0.3, 0.4) is 0 Å². The zero-order chi connectivity index (χ0) is 12.9. The number of hydrogen-bond acceptors (Lipinski definition) is 4. The number of hydrogen-bond donors (Lipinski definition) is 1. The van der Waals surface area contributed by atoms with Crippen LogP contribution in [0.4, 0.5) is 0 Å². The summed E-state index contributed by atoms with van der Waals surface area (Å²) in [7, 11) is 0. The lowest BCUT2D eigenvalue weighted by Crippen LogP contribution is -2.40. The highest BCUT2D eigenvalue weighted by atomic mass is 32.2. The fourth-order valence-corrected chi connectivity index (χ4v) is 5.40. The molecule has 1 aromatic carbocycles. The van der Waals surface area contributed by atoms with E-state index in [1.807, 2.05) is 18.2 Å². The molecule has 4 rings (SSSR count). The van der Waals surface area contributed by atoms with Crippen molar-refractivity contribution in [1.29, 1.82) is 0 Å². The second-order valence-corrected chi connectivity index (χ2v) is 7.39. The van der Waals surface area contributed by atoms with E-state index in [0.717, 1.165) is 29.5 Å². The third kappa shape index (κ3) is 1.98. The van der Waals surface area contributed by atoms with Crippen molar-refractivity contribution in [3.63, 3.8) is 0 Å². The quantitative estimate of drug-likeness (QED) is 0.865. The molecule has 0 spiro atoms. The van der Waals surface area contributed by atoms with E-state index in [9.17, 15) is 5.11 Å². The number of oxazole rings is 1. The highest BCUT2D eigenvalue weighted by molar-refractivity contribution is 8.00. The van der Waals surface area contributed by atoms with E-state index in [1.165, 1.54) is 25.7 Å². The number of rotatable bonds is 1. The van der Waals surface area contributed by atoms with E-state index in [-0.39, 0.29) is 0 Å². The van der Waals surface area contributed by atoms with Gasteiger partial charge in [0.05, 0.1) is 5.60 Å². The zero-order valence-electron chi connectivity index (χ0n) is 10.7. The third-order valence-corrected chi connectivity index (χ3v) is 6.01. The molecule has 1 N–H and O–H groups in total. The van der Waals surface area contributed by atoms with Crippen molar-refractivity contribution in [3.8, 4) is 0 Å². The highest BCUT2D eigenvalue weighted by Gasteiger charge is 2.42. The van der Waals surface area contributed by atoms with Crippen LogP contribution in [-0.4, -0.2) is 20.6 Å². The number of thioether (sulfide) groups is 1. The average Bonchev–Trinajstić information content (AvgIpc) is 2.85. The lowest BCUT2D eigenvalue weighted by Gasteiger charge is -2.44. The molecule has 3 heterocycles. The third-order valence-electron chi connectivity index (χ3n) is 4.44. The lowest BCUT2D eigenvalue weighted by molar-refractivity contribution is 0.00823. The van der Waals surface area contributed by atoms with E-state index in [4.69, 9.17) is 4.42 Å². The van der Waals surface area contributed by atoms with Gasteiger partial charge in [-0.2, -0.15) is 11.8 Å². The van der Waals surface area contributed by atoms with Crippen LogP contribution in [0, 0.1) is 0 Å². The maximum Gasteiger partial charge on any atom is 0.181 e. The van der Waals surface area contributed by atoms with E-state index >= 15 is 0 Å². The van der Waals surface area contributed by atoms with E-state index in [0.29, 0.717) is 10.5 Å². The van der Waals surface area contributed by atoms with Gasteiger partial charge in [-0.3, -0.25) is 0 Å². The van der Waals surface area contributed by atoms with Crippen molar-refractivity contribution in [3.05, 3.63) is 30.2 Å². The monoisotopic (exact) mass is 275 g/mol. The molecule has 0 saturated carbocycles. The minimum atomic E-state index is -0.672. The Kier molecular flexibility index (Phi) is 2.64. The van der Waals surface area contributed by atoms with Crippen molar-refractivity contribution in [2.45, 2.75) is 48.2 Å². The first kappa shape index (κ1) is 11.8. The lowest BCUT2D eigenvalue weighted by atomic mass is 9.80. The molecule has 19 heavy (non-hydrogen) atoms. The van der Waals surface area contributed by atoms with Crippen molar-refractivity contribution >= 4 is 22.9 Å². The Morgan fingerprint density at radius 1 is 1.26 bits per heavy atom. The summed E-state index contributed by atoms with van der Waals surface area (Å²) in [5.41, 5.74) is 1.96. The van der Waals surface area contributed by atoms with Crippen LogP contribution in [0.1, 0.15) is 37.7 Å². The maximum atomic E-state index is 11.1. The molecule has 100 valence electrons. The first-order valence-corrected chi connectivity index (χ1v) is 7.89. The molecular weight excluding hydrogens is 258 g/mol. The summed E-state index contributed by atoms with van der Waals surface area (Å²) in [6.07, 6.45) is 7.02. The van der Waals surface area contributed by atoms with E-state index < -0.39 is 5.60 Å². The van der Waals surface area contributed by atoms with E-state index in [1.54, 1.807) is 0 Å². The molecule has 2 bridgehead atoms. The second kappa shape index (κ2) is 4.25. The highest BCUT2D eigenvalue weighted by Crippen LogP contribution is 2.49. The van der Waals surface area contributed by atoms with Crippen LogP contribution in [-0.2, 0) is 5.60 Å². The summed E-state index contributed by atoms with van der Waals surface area (Å²) in [6, 6.07) is 5.91. The summed E-state index contributed by atoms with van der Waals surface area (Å²) in [4.78, 5) is 4.19. The standard InChI is InChI=1S/C15H17NO2S/c17-15(7-11-2-1-3-12(8-15)19-11)10-4-5-14-13(6-10)16-9-18-14/h4-6,9,11-12,17H,1-3,7-8H2. The van der Waals surface area contributed by atoms with Crippen LogP contribution in [0.25, 0.3) is 11.1 Å². The number of aliphatic hydroxyl groups is 1. The van der Waals surface area contributed by atoms with Gasteiger partial charge in [0.25, 0.3) is 0 Å². The van der Waals surface area contributed by atoms with Crippen LogP contribution >= 0.6 is 11.8 Å². The predicted octanol–water partition coefficient (Wildman–Crippen LogP) is 3.46. The molecule has 2 saturated heterocycles. The Labute approximate surface area is 116 Å². The molecule has 2 aliphatic heterocycles. The van der Waals surface area contributed by atoms with Gasteiger partial charge >= 0.3 is 0 Å². The molecule has 4 heteroatoms. The molecule has 0 amide bonds. The molecule has 0 radical (unpaired) electrons. The summed E-state index contributed by atoms with van der Waals surface area (Å²) in [5, 5.41) is 12.3. The molecule has 2 aromatic rings. The van der Waals surface area contributed by atoms with Gasteiger partial charge in [0, 0.05) is 10.5 Å². The minimum Gasteiger partial charge on any atom is -0.443 e. The van der Waals surface area contributed by atoms with Gasteiger partial charge in [0.15, 0.2) is 12.0 Å². The molecular formula is C15H17NO2S. The summed E-state index contributed by atoms with van der Waals surface area (Å²) >= 11 is 2.08. The van der Waals surface area contributed by atoms with Gasteiger partial charge in [0.2, 0.25) is 0 Å². The smallest absolute Gasteiger partial charge is 0.181 e. The Hall–Kier alpha value is -1.00. The summed E-state index contributed by atoms with van der Waals surface area (Å²) < 4.78 is 5.27. The van der Waals surface area contributed by atoms with Gasteiger partial charge in [-0.25, -0.2) is 4.98 Å². The minimum absolute atomic E-state index is 0.616.